The van der Waals surface area contributed by atoms with Crippen molar-refractivity contribution in [2.75, 3.05) is 0 Å². The fourth-order valence-electron chi connectivity index (χ4n) is 2.42. The Kier molecular flexibility index (Phi) is 2.97. The number of nitrogens with zero attached hydrogens (tertiary/aromatic N) is 2. The third kappa shape index (κ3) is 2.15. The summed E-state index contributed by atoms with van der Waals surface area (Å²) >= 11 is 0. The minimum Gasteiger partial charge on any atom is -0.254 e. The van der Waals surface area contributed by atoms with Crippen molar-refractivity contribution in [3.8, 4) is 0 Å². The number of hydrogen-bond acceptors (Lipinski definition) is 2. The molecule has 0 N–H and O–H groups in total. The van der Waals surface area contributed by atoms with Crippen LogP contribution in [-0.2, 0) is 0 Å². The molecule has 0 aliphatic carbocycles. The van der Waals surface area contributed by atoms with Crippen molar-refractivity contribution in [1.82, 2.24) is 9.97 Å². The van der Waals surface area contributed by atoms with Crippen molar-refractivity contribution in [3.05, 3.63) is 48.3 Å². The lowest BCUT2D eigenvalue weighted by atomic mass is 9.80. The van der Waals surface area contributed by atoms with Gasteiger partial charge in [-0.05, 0) is 17.5 Å². The highest BCUT2D eigenvalue weighted by Crippen LogP contribution is 2.34. The van der Waals surface area contributed by atoms with E-state index in [0.29, 0.717) is 5.92 Å². The monoisotopic (exact) mass is 264 g/mol. The molecule has 1 unspecified atom stereocenters. The third-order valence-electron chi connectivity index (χ3n) is 4.20. The molecule has 0 saturated carbocycles. The van der Waals surface area contributed by atoms with Gasteiger partial charge < -0.3 is 0 Å². The first-order chi connectivity index (χ1) is 9.47. The fraction of sp³-hybridized carbons (Fsp3) is 0.333. The number of rotatable bonds is 1. The number of hydrogen-bond donors (Lipinski definition) is 0. The molecule has 2 nitrogen and oxygen atoms in total. The van der Waals surface area contributed by atoms with Gasteiger partial charge >= 0.3 is 0 Å². The molecule has 0 amide bonds. The normalized spacial score (nSPS) is 13.8. The van der Waals surface area contributed by atoms with Crippen molar-refractivity contribution in [1.29, 1.82) is 0 Å². The van der Waals surface area contributed by atoms with Crippen LogP contribution < -0.4 is 0 Å². The maximum Gasteiger partial charge on any atom is 0.0967 e. The molecule has 0 aliphatic rings. The second kappa shape index (κ2) is 4.55. The van der Waals surface area contributed by atoms with Crippen LogP contribution in [-0.4, -0.2) is 9.97 Å². The van der Waals surface area contributed by atoms with Crippen LogP contribution >= 0.6 is 0 Å². The maximum absolute atomic E-state index is 4.91. The van der Waals surface area contributed by atoms with Crippen LogP contribution in [0, 0.1) is 5.41 Å². The number of benzene rings is 1. The van der Waals surface area contributed by atoms with Gasteiger partial charge in [-0.1, -0.05) is 52.0 Å². The Morgan fingerprint density at radius 1 is 0.900 bits per heavy atom. The van der Waals surface area contributed by atoms with Gasteiger partial charge in [0.2, 0.25) is 0 Å². The summed E-state index contributed by atoms with van der Waals surface area (Å²) in [5.74, 6) is 0.408. The highest BCUT2D eigenvalue weighted by atomic mass is 14.8. The van der Waals surface area contributed by atoms with Crippen molar-refractivity contribution in [2.45, 2.75) is 33.6 Å². The molecule has 1 aromatic carbocycles. The summed E-state index contributed by atoms with van der Waals surface area (Å²) in [6, 6.07) is 12.6. The number of fused-ring (bicyclic) bond motifs is 3. The Morgan fingerprint density at radius 2 is 1.55 bits per heavy atom. The lowest BCUT2D eigenvalue weighted by molar-refractivity contribution is 0.334. The molecular formula is C18H20N2. The summed E-state index contributed by atoms with van der Waals surface area (Å²) in [4.78, 5) is 9.42. The predicted molar refractivity (Wildman–Crippen MR) is 84.9 cm³/mol. The van der Waals surface area contributed by atoms with Crippen molar-refractivity contribution >= 4 is 21.8 Å². The summed E-state index contributed by atoms with van der Waals surface area (Å²) in [6.45, 7) is 9.01. The van der Waals surface area contributed by atoms with Gasteiger partial charge in [0, 0.05) is 28.6 Å². The summed E-state index contributed by atoms with van der Waals surface area (Å²) in [6.07, 6.45) is 1.84. The van der Waals surface area contributed by atoms with Gasteiger partial charge in [-0.2, -0.15) is 0 Å². The maximum atomic E-state index is 4.91. The summed E-state index contributed by atoms with van der Waals surface area (Å²) < 4.78 is 0. The number of pyridine rings is 2. The van der Waals surface area contributed by atoms with Crippen LogP contribution in [0.1, 0.15) is 39.3 Å². The first kappa shape index (κ1) is 13.0. The summed E-state index contributed by atoms with van der Waals surface area (Å²) in [5.41, 5.74) is 3.35. The van der Waals surface area contributed by atoms with Crippen molar-refractivity contribution < 1.29 is 0 Å². The SMILES string of the molecule is CC(c1ccc2ccc3cccnc3c2n1)C(C)(C)C. The van der Waals surface area contributed by atoms with E-state index in [1.54, 1.807) is 0 Å². The van der Waals surface area contributed by atoms with Crippen LogP contribution in [0.5, 0.6) is 0 Å². The summed E-state index contributed by atoms with van der Waals surface area (Å²) in [7, 11) is 0. The van der Waals surface area contributed by atoms with Gasteiger partial charge in [0.25, 0.3) is 0 Å². The minimum absolute atomic E-state index is 0.207. The molecule has 2 heterocycles. The smallest absolute Gasteiger partial charge is 0.0967 e. The van der Waals surface area contributed by atoms with E-state index in [1.807, 2.05) is 12.3 Å². The first-order valence-corrected chi connectivity index (χ1v) is 7.11. The van der Waals surface area contributed by atoms with E-state index in [2.05, 4.69) is 63.0 Å². The molecular weight excluding hydrogens is 244 g/mol. The van der Waals surface area contributed by atoms with Gasteiger partial charge in [0.1, 0.15) is 0 Å². The van der Waals surface area contributed by atoms with Gasteiger partial charge in [-0.15, -0.1) is 0 Å². The molecule has 3 aromatic rings. The Hall–Kier alpha value is -1.96. The largest absolute Gasteiger partial charge is 0.254 e. The van der Waals surface area contributed by atoms with Crippen LogP contribution in [0.3, 0.4) is 0 Å². The Balaban J connectivity index is 2.26. The lowest BCUT2D eigenvalue weighted by Gasteiger charge is -2.26. The second-order valence-corrected chi connectivity index (χ2v) is 6.54. The van der Waals surface area contributed by atoms with E-state index in [1.165, 1.54) is 0 Å². The highest BCUT2D eigenvalue weighted by molar-refractivity contribution is 6.02. The molecule has 20 heavy (non-hydrogen) atoms. The van der Waals surface area contributed by atoms with Crippen LogP contribution in [0.15, 0.2) is 42.6 Å². The van der Waals surface area contributed by atoms with Crippen molar-refractivity contribution in [2.24, 2.45) is 5.41 Å². The molecule has 0 saturated heterocycles. The lowest BCUT2D eigenvalue weighted by Crippen LogP contribution is -2.16. The molecule has 0 fully saturated rings. The predicted octanol–water partition coefficient (Wildman–Crippen LogP) is 4.93. The van der Waals surface area contributed by atoms with E-state index in [0.717, 1.165) is 27.5 Å². The molecule has 2 heteroatoms. The van der Waals surface area contributed by atoms with E-state index in [-0.39, 0.29) is 5.41 Å². The molecule has 0 bridgehead atoms. The average Bonchev–Trinajstić information content (AvgIpc) is 2.45. The van der Waals surface area contributed by atoms with Crippen LogP contribution in [0.2, 0.25) is 0 Å². The molecule has 0 radical (unpaired) electrons. The van der Waals surface area contributed by atoms with E-state index >= 15 is 0 Å². The second-order valence-electron chi connectivity index (χ2n) is 6.54. The Bertz CT molecular complexity index is 769. The zero-order valence-electron chi connectivity index (χ0n) is 12.5. The molecule has 102 valence electrons. The van der Waals surface area contributed by atoms with Gasteiger partial charge in [0.15, 0.2) is 0 Å². The van der Waals surface area contributed by atoms with Crippen molar-refractivity contribution in [3.63, 3.8) is 0 Å². The van der Waals surface area contributed by atoms with E-state index in [9.17, 15) is 0 Å². The Morgan fingerprint density at radius 3 is 2.25 bits per heavy atom. The third-order valence-corrected chi connectivity index (χ3v) is 4.20. The molecule has 0 aliphatic heterocycles. The quantitative estimate of drug-likeness (QED) is 0.582. The molecule has 2 aromatic heterocycles. The van der Waals surface area contributed by atoms with Gasteiger partial charge in [-0.25, -0.2) is 0 Å². The highest BCUT2D eigenvalue weighted by Gasteiger charge is 2.23. The Labute approximate surface area is 119 Å². The van der Waals surface area contributed by atoms with E-state index < -0.39 is 0 Å². The van der Waals surface area contributed by atoms with Gasteiger partial charge in [0.05, 0.1) is 11.0 Å². The topological polar surface area (TPSA) is 25.8 Å². The summed E-state index contributed by atoms with van der Waals surface area (Å²) in [5, 5.41) is 2.30. The zero-order chi connectivity index (χ0) is 14.3. The fourth-order valence-corrected chi connectivity index (χ4v) is 2.42. The first-order valence-electron chi connectivity index (χ1n) is 7.11. The van der Waals surface area contributed by atoms with Crippen LogP contribution in [0.4, 0.5) is 0 Å². The standard InChI is InChI=1S/C18H20N2/c1-12(18(2,3)4)15-10-9-14-8-7-13-6-5-11-19-16(13)17(14)20-15/h5-12H,1-4H3. The zero-order valence-corrected chi connectivity index (χ0v) is 12.5. The number of aromatic nitrogens is 2. The molecule has 1 atom stereocenters. The molecule has 3 rings (SSSR count). The van der Waals surface area contributed by atoms with Gasteiger partial charge in [-0.3, -0.25) is 9.97 Å². The van der Waals surface area contributed by atoms with E-state index in [4.69, 9.17) is 4.98 Å². The van der Waals surface area contributed by atoms with Crippen LogP contribution in [0.25, 0.3) is 21.8 Å². The molecule has 0 spiro atoms. The average molecular weight is 264 g/mol. The minimum atomic E-state index is 0.207.